The maximum absolute atomic E-state index is 2.35. The zero-order valence-corrected chi connectivity index (χ0v) is 15.9. The minimum absolute atomic E-state index is 0.640. The minimum Gasteiger partial charge on any atom is -0.0447 e. The van der Waals surface area contributed by atoms with Crippen LogP contribution in [0.3, 0.4) is 0 Å². The lowest BCUT2D eigenvalue weighted by molar-refractivity contribution is 0.789. The summed E-state index contributed by atoms with van der Waals surface area (Å²) < 4.78 is 0. The molecule has 0 unspecified atom stereocenters. The van der Waals surface area contributed by atoms with Crippen LogP contribution in [0.25, 0.3) is 0 Å². The highest BCUT2D eigenvalue weighted by Gasteiger charge is 2.45. The van der Waals surface area contributed by atoms with E-state index in [9.17, 15) is 0 Å². The fourth-order valence-corrected chi connectivity index (χ4v) is 5.53. The van der Waals surface area contributed by atoms with Crippen molar-refractivity contribution in [2.45, 2.75) is 73.6 Å². The first kappa shape index (κ1) is 15.0. The van der Waals surface area contributed by atoms with E-state index in [1.165, 1.54) is 28.7 Å². The highest BCUT2D eigenvalue weighted by atomic mass is 14.5. The first-order chi connectivity index (χ1) is 10.8. The monoisotopic (exact) mass is 304 g/mol. The molecule has 0 fully saturated rings. The summed E-state index contributed by atoms with van der Waals surface area (Å²) in [7, 11) is 0. The van der Waals surface area contributed by atoms with E-state index in [2.05, 4.69) is 55.4 Å². The molecule has 120 valence electrons. The predicted molar refractivity (Wildman–Crippen MR) is 99.1 cm³/mol. The molecule has 0 radical (unpaired) electrons. The molecule has 2 aliphatic rings. The first-order valence-electron chi connectivity index (χ1n) is 8.97. The van der Waals surface area contributed by atoms with Crippen molar-refractivity contribution in [1.82, 2.24) is 0 Å². The van der Waals surface area contributed by atoms with Crippen molar-refractivity contribution >= 4 is 0 Å². The molecule has 2 bridgehead atoms. The summed E-state index contributed by atoms with van der Waals surface area (Å²) >= 11 is 0. The van der Waals surface area contributed by atoms with Crippen LogP contribution in [0, 0.1) is 55.4 Å². The van der Waals surface area contributed by atoms with Gasteiger partial charge in [-0.1, -0.05) is 0 Å². The minimum atomic E-state index is 0.640. The van der Waals surface area contributed by atoms with Gasteiger partial charge in [-0.15, -0.1) is 0 Å². The number of hydrogen-bond acceptors (Lipinski definition) is 0. The second-order valence-corrected chi connectivity index (χ2v) is 8.00. The van der Waals surface area contributed by atoms with Gasteiger partial charge in [-0.25, -0.2) is 0 Å². The second-order valence-electron chi connectivity index (χ2n) is 8.00. The summed E-state index contributed by atoms with van der Waals surface area (Å²) in [6, 6.07) is 0. The van der Waals surface area contributed by atoms with Crippen molar-refractivity contribution in [3.8, 4) is 0 Å². The highest BCUT2D eigenvalue weighted by Crippen LogP contribution is 2.61. The van der Waals surface area contributed by atoms with E-state index in [4.69, 9.17) is 0 Å². The second kappa shape index (κ2) is 4.50. The summed E-state index contributed by atoms with van der Waals surface area (Å²) in [6.45, 7) is 18.6. The smallest absolute Gasteiger partial charge is 0.0110 e. The molecule has 2 aromatic carbocycles. The third-order valence-electron chi connectivity index (χ3n) is 7.44. The zero-order chi connectivity index (χ0) is 16.8. The van der Waals surface area contributed by atoms with Crippen molar-refractivity contribution < 1.29 is 0 Å². The maximum Gasteiger partial charge on any atom is 0.0110 e. The average Bonchev–Trinajstić information content (AvgIpc) is 3.10. The Morgan fingerprint density at radius 3 is 0.826 bits per heavy atom. The molecule has 0 aromatic heterocycles. The van der Waals surface area contributed by atoms with E-state index in [1.807, 2.05) is 0 Å². The van der Waals surface area contributed by atoms with Crippen LogP contribution in [0.2, 0.25) is 0 Å². The quantitative estimate of drug-likeness (QED) is 0.549. The molecule has 0 spiro atoms. The Morgan fingerprint density at radius 2 is 0.609 bits per heavy atom. The van der Waals surface area contributed by atoms with Crippen LogP contribution in [0.1, 0.15) is 85.0 Å². The van der Waals surface area contributed by atoms with Crippen LogP contribution in [-0.4, -0.2) is 0 Å². The van der Waals surface area contributed by atoms with Gasteiger partial charge in [-0.05, 0) is 129 Å². The lowest BCUT2D eigenvalue weighted by Crippen LogP contribution is -2.14. The molecule has 0 atom stereocenters. The van der Waals surface area contributed by atoms with Gasteiger partial charge in [-0.3, -0.25) is 0 Å². The van der Waals surface area contributed by atoms with Gasteiger partial charge in [0.1, 0.15) is 0 Å². The van der Waals surface area contributed by atoms with E-state index >= 15 is 0 Å². The number of hydrogen-bond donors (Lipinski definition) is 0. The van der Waals surface area contributed by atoms with Crippen molar-refractivity contribution in [1.29, 1.82) is 0 Å². The molecule has 2 aliphatic carbocycles. The van der Waals surface area contributed by atoms with Crippen LogP contribution < -0.4 is 0 Å². The van der Waals surface area contributed by atoms with Crippen LogP contribution >= 0.6 is 0 Å². The van der Waals surface area contributed by atoms with Crippen molar-refractivity contribution in [3.63, 3.8) is 0 Å². The normalized spacial score (nSPS) is 20.9. The van der Waals surface area contributed by atoms with E-state index < -0.39 is 0 Å². The Labute approximate surface area is 140 Å². The van der Waals surface area contributed by atoms with Crippen LogP contribution in [0.5, 0.6) is 0 Å². The topological polar surface area (TPSA) is 0 Å². The fourth-order valence-electron chi connectivity index (χ4n) is 5.53. The third kappa shape index (κ3) is 1.57. The molecule has 4 rings (SSSR count). The SMILES string of the molecule is Cc1c(C)c(C)c2c(c1C)C1CC2c2c(C)c(C)c(C)c(C)c21. The predicted octanol–water partition coefficient (Wildman–Crippen LogP) is 6.13. The third-order valence-corrected chi connectivity index (χ3v) is 7.44. The molecule has 0 amide bonds. The van der Waals surface area contributed by atoms with Crippen LogP contribution in [0.15, 0.2) is 0 Å². The molecule has 0 nitrogen and oxygen atoms in total. The molecule has 0 saturated heterocycles. The maximum atomic E-state index is 2.35. The number of benzene rings is 2. The molecule has 0 aliphatic heterocycles. The van der Waals surface area contributed by atoms with Crippen molar-refractivity contribution in [3.05, 3.63) is 66.8 Å². The Hall–Kier alpha value is -1.56. The van der Waals surface area contributed by atoms with Gasteiger partial charge in [-0.2, -0.15) is 0 Å². The van der Waals surface area contributed by atoms with Crippen molar-refractivity contribution in [2.75, 3.05) is 0 Å². The lowest BCUT2D eigenvalue weighted by atomic mass is 9.74. The molecule has 2 aromatic rings. The van der Waals surface area contributed by atoms with Crippen molar-refractivity contribution in [2.24, 2.45) is 0 Å². The molecule has 0 saturated carbocycles. The van der Waals surface area contributed by atoms with E-state index in [0.29, 0.717) is 11.8 Å². The average molecular weight is 304 g/mol. The lowest BCUT2D eigenvalue weighted by Gasteiger charge is -2.30. The van der Waals surface area contributed by atoms with Crippen LogP contribution in [-0.2, 0) is 0 Å². The fraction of sp³-hybridized carbons (Fsp3) is 0.478. The van der Waals surface area contributed by atoms with Gasteiger partial charge in [0.15, 0.2) is 0 Å². The largest absolute Gasteiger partial charge is 0.0447 e. The Kier molecular flexibility index (Phi) is 2.93. The molecule has 0 heterocycles. The van der Waals surface area contributed by atoms with E-state index in [1.54, 1.807) is 44.5 Å². The van der Waals surface area contributed by atoms with Gasteiger partial charge in [0.25, 0.3) is 0 Å². The zero-order valence-electron chi connectivity index (χ0n) is 15.9. The van der Waals surface area contributed by atoms with Gasteiger partial charge >= 0.3 is 0 Å². The van der Waals surface area contributed by atoms with Crippen LogP contribution in [0.4, 0.5) is 0 Å². The van der Waals surface area contributed by atoms with Gasteiger partial charge in [0, 0.05) is 11.8 Å². The molecular weight excluding hydrogens is 276 g/mol. The number of fused-ring (bicyclic) bond motifs is 8. The summed E-state index contributed by atoms with van der Waals surface area (Å²) in [4.78, 5) is 0. The summed E-state index contributed by atoms with van der Waals surface area (Å²) in [5.74, 6) is 1.28. The molecule has 23 heavy (non-hydrogen) atoms. The van der Waals surface area contributed by atoms with Gasteiger partial charge in [0.05, 0.1) is 0 Å². The molecule has 0 heteroatoms. The first-order valence-corrected chi connectivity index (χ1v) is 8.97. The van der Waals surface area contributed by atoms with Gasteiger partial charge < -0.3 is 0 Å². The summed E-state index contributed by atoms with van der Waals surface area (Å²) in [6.07, 6.45) is 1.31. The Balaban J connectivity index is 2.11. The number of rotatable bonds is 0. The molecule has 0 N–H and O–H groups in total. The van der Waals surface area contributed by atoms with E-state index in [0.717, 1.165) is 0 Å². The van der Waals surface area contributed by atoms with Gasteiger partial charge in [0.2, 0.25) is 0 Å². The Morgan fingerprint density at radius 1 is 0.391 bits per heavy atom. The van der Waals surface area contributed by atoms with E-state index in [-0.39, 0.29) is 0 Å². The Bertz CT molecular complexity index is 737. The summed E-state index contributed by atoms with van der Waals surface area (Å²) in [5.41, 5.74) is 18.9. The standard InChI is InChI=1S/C23H28/c1-10-11(2)15(6)21-19-9-18(20(21)14(10)5)22-16(7)12(3)13(4)17(8)23(19)22/h18-19H,9H2,1-8H3. The highest BCUT2D eigenvalue weighted by molar-refractivity contribution is 5.69. The summed E-state index contributed by atoms with van der Waals surface area (Å²) in [5, 5.41) is 0. The molecular formula is C23H28.